The van der Waals surface area contributed by atoms with Crippen molar-refractivity contribution in [1.82, 2.24) is 23.4 Å². The number of ether oxygens (including phenoxy) is 9. The molecular formula is C41H61N8O11P3. The Morgan fingerprint density at radius 1 is 0.556 bits per heavy atom. The van der Waals surface area contributed by atoms with Crippen LogP contribution in [0, 0.1) is 0 Å². The van der Waals surface area contributed by atoms with Crippen molar-refractivity contribution in [3.63, 3.8) is 0 Å². The number of benzene rings is 1. The van der Waals surface area contributed by atoms with Gasteiger partial charge in [0.1, 0.15) is 17.3 Å². The lowest BCUT2D eigenvalue weighted by atomic mass is 10.1. The summed E-state index contributed by atoms with van der Waals surface area (Å²) in [5.41, 5.74) is 1.02. The maximum Gasteiger partial charge on any atom is 0.334 e. The maximum absolute atomic E-state index is 7.67. The molecule has 0 radical (unpaired) electrons. The quantitative estimate of drug-likeness (QED) is 0.264. The molecule has 22 heteroatoms. The van der Waals surface area contributed by atoms with E-state index in [9.17, 15) is 0 Å². The monoisotopic (exact) mass is 934 g/mol. The smallest absolute Gasteiger partial charge is 0.334 e. The molecule has 10 aliphatic rings. The maximum atomic E-state index is 7.67. The predicted molar refractivity (Wildman–Crippen MR) is 231 cm³/mol. The first-order chi connectivity index (χ1) is 30.8. The molecule has 19 nitrogen and oxygen atoms in total. The van der Waals surface area contributed by atoms with Gasteiger partial charge in [-0.05, 0) is 30.3 Å². The molecule has 1 unspecified atom stereocenters. The third-order valence-electron chi connectivity index (χ3n) is 14.6. The molecule has 0 aliphatic carbocycles. The van der Waals surface area contributed by atoms with Crippen LogP contribution in [-0.2, 0) is 51.0 Å². The van der Waals surface area contributed by atoms with Crippen molar-refractivity contribution in [1.29, 1.82) is 0 Å². The van der Waals surface area contributed by atoms with Gasteiger partial charge in [0.25, 0.3) is 0 Å². The summed E-state index contributed by atoms with van der Waals surface area (Å²) in [6.45, 7) is 11.5. The van der Waals surface area contributed by atoms with Crippen LogP contribution in [0.4, 0.5) is 0 Å². The summed E-state index contributed by atoms with van der Waals surface area (Å²) in [6.07, 6.45) is 7.51. The zero-order chi connectivity index (χ0) is 42.2. The minimum absolute atomic E-state index is 0.454. The molecular weight excluding hydrogens is 873 g/mol. The van der Waals surface area contributed by atoms with E-state index in [-0.39, 0.29) is 0 Å². The summed E-state index contributed by atoms with van der Waals surface area (Å²) < 4.78 is 102. The number of rotatable bonds is 7. The van der Waals surface area contributed by atoms with Crippen LogP contribution in [0.3, 0.4) is 0 Å². The highest BCUT2D eigenvalue weighted by molar-refractivity contribution is 7.82. The van der Waals surface area contributed by atoms with E-state index in [1.165, 1.54) is 0 Å². The zero-order valence-electron chi connectivity index (χ0n) is 36.3. The van der Waals surface area contributed by atoms with E-state index in [4.69, 9.17) is 65.1 Å². The minimum atomic E-state index is -3.37. The number of furan rings is 1. The van der Waals surface area contributed by atoms with Gasteiger partial charge in [0.2, 0.25) is 15.0 Å². The summed E-state index contributed by atoms with van der Waals surface area (Å²) >= 11 is 0. The van der Waals surface area contributed by atoms with Crippen LogP contribution in [0.25, 0.3) is 0 Å². The van der Waals surface area contributed by atoms with Gasteiger partial charge in [0.05, 0.1) is 72.8 Å². The second-order valence-corrected chi connectivity index (χ2v) is 26.4. The molecule has 0 bridgehead atoms. The predicted octanol–water partition coefficient (Wildman–Crippen LogP) is 6.89. The van der Waals surface area contributed by atoms with Crippen molar-refractivity contribution >= 4 is 22.6 Å². The van der Waals surface area contributed by atoms with E-state index in [2.05, 4.69) is 29.4 Å². The summed E-state index contributed by atoms with van der Waals surface area (Å²) in [6, 6.07) is 10.1. The van der Waals surface area contributed by atoms with Crippen molar-refractivity contribution in [3.05, 3.63) is 47.9 Å². The van der Waals surface area contributed by atoms with Crippen molar-refractivity contribution < 1.29 is 51.6 Å². The molecule has 11 heterocycles. The largest absolute Gasteiger partial charge is 0.497 e. The van der Waals surface area contributed by atoms with Gasteiger partial charge in [-0.25, -0.2) is 23.4 Å². The first-order valence-electron chi connectivity index (χ1n) is 23.0. The van der Waals surface area contributed by atoms with E-state index in [1.54, 1.807) is 13.4 Å². The summed E-state index contributed by atoms with van der Waals surface area (Å²) in [4.78, 5) is 0. The summed E-state index contributed by atoms with van der Waals surface area (Å²) in [5, 5.41) is 0. The highest BCUT2D eigenvalue weighted by Gasteiger charge is 2.58. The lowest BCUT2D eigenvalue weighted by Crippen LogP contribution is -2.51. The Hall–Kier alpha value is -1.73. The first kappa shape index (κ1) is 42.6. The molecule has 5 spiro atoms. The molecule has 1 aromatic carbocycles. The third kappa shape index (κ3) is 7.49. The molecule has 63 heavy (non-hydrogen) atoms. The fourth-order valence-electron chi connectivity index (χ4n) is 11.2. The number of nitrogens with zero attached hydrogens (tertiary/aromatic N) is 8. The van der Waals surface area contributed by atoms with Crippen LogP contribution in [0.2, 0.25) is 0 Å². The van der Waals surface area contributed by atoms with Gasteiger partial charge in [0.15, 0.2) is 23.1 Å². The molecule has 8 saturated heterocycles. The zero-order valence-corrected chi connectivity index (χ0v) is 38.9. The summed E-state index contributed by atoms with van der Waals surface area (Å²) in [7, 11) is -7.85. The van der Waals surface area contributed by atoms with Crippen LogP contribution >= 0.6 is 22.6 Å². The Morgan fingerprint density at radius 2 is 0.984 bits per heavy atom. The van der Waals surface area contributed by atoms with E-state index in [0.29, 0.717) is 118 Å². The van der Waals surface area contributed by atoms with Crippen LogP contribution in [0.1, 0.15) is 62.7 Å². The first-order valence-corrected chi connectivity index (χ1v) is 27.7. The molecule has 0 N–H and O–H groups in total. The fourth-order valence-corrected chi connectivity index (χ4v) is 26.0. The van der Waals surface area contributed by atoms with Crippen molar-refractivity contribution in [3.8, 4) is 11.5 Å². The Kier molecular flexibility index (Phi) is 11.2. The van der Waals surface area contributed by atoms with Gasteiger partial charge in [-0.1, -0.05) is 0 Å². The van der Waals surface area contributed by atoms with Gasteiger partial charge in [-0.2, -0.15) is 13.5 Å². The molecule has 8 fully saturated rings. The number of piperidine rings is 4. The van der Waals surface area contributed by atoms with Crippen LogP contribution in [0.5, 0.6) is 11.5 Å². The lowest BCUT2D eigenvalue weighted by Gasteiger charge is -2.55. The Bertz CT molecular complexity index is 2000. The van der Waals surface area contributed by atoms with Crippen molar-refractivity contribution in [2.75, 3.05) is 112 Å². The Morgan fingerprint density at radius 3 is 1.38 bits per heavy atom. The molecule has 10 aliphatic heterocycles. The van der Waals surface area contributed by atoms with Crippen LogP contribution in [0.15, 0.2) is 54.6 Å². The van der Waals surface area contributed by atoms with E-state index >= 15 is 0 Å². The van der Waals surface area contributed by atoms with Gasteiger partial charge in [-0.15, -0.1) is 0 Å². The van der Waals surface area contributed by atoms with Crippen LogP contribution < -0.4 is 9.26 Å². The number of methoxy groups -OCH3 is 1. The summed E-state index contributed by atoms with van der Waals surface area (Å²) in [5.74, 6) is 0.00743. The second kappa shape index (κ2) is 16.5. The van der Waals surface area contributed by atoms with Gasteiger partial charge in [-0.3, -0.25) is 0 Å². The minimum Gasteiger partial charge on any atom is -0.497 e. The number of fused-ring (bicyclic) bond motifs is 1. The van der Waals surface area contributed by atoms with Crippen LogP contribution in [-0.4, -0.2) is 159 Å². The van der Waals surface area contributed by atoms with Crippen molar-refractivity contribution in [2.24, 2.45) is 13.5 Å². The molecule has 346 valence electrons. The standard InChI is InChI=1S/C41H61N8O11P3/c1-50-35-4-5-37-34(31-35)32-49(33-36-3-2-22-51-36)63(60-37)43-61(45-14-6-38(7-15-45)52-23-24-53-38,46-16-8-39(9-17-46)54-25-26-55-39)42-62(44-63,47-18-10-40(11-19-47)56-27-28-57-40)48-20-12-41(13-21-48)58-29-30-59-41/h2-5,22,31H,6-21,23-30,32-33H2,1H3. The van der Waals surface area contributed by atoms with E-state index < -0.39 is 45.7 Å². The average molecular weight is 935 g/mol. The molecule has 1 aromatic heterocycles. The van der Waals surface area contributed by atoms with Gasteiger partial charge >= 0.3 is 7.58 Å². The topological polar surface area (TPSA) is 159 Å². The van der Waals surface area contributed by atoms with E-state index in [1.807, 2.05) is 24.3 Å². The van der Waals surface area contributed by atoms with Crippen molar-refractivity contribution in [2.45, 2.75) is 87.6 Å². The fraction of sp³-hybridized carbons (Fsp3) is 0.756. The average Bonchev–Trinajstić information content (AvgIpc) is 4.20. The number of hydrogen-bond donors (Lipinski definition) is 0. The molecule has 2 aromatic rings. The molecule has 1 atom stereocenters. The lowest BCUT2D eigenvalue weighted by molar-refractivity contribution is -0.182. The highest BCUT2D eigenvalue weighted by atomic mass is 31.3. The third-order valence-corrected chi connectivity index (χ3v) is 26.4. The Balaban J connectivity index is 1.08. The highest BCUT2D eigenvalue weighted by Crippen LogP contribution is 2.84. The normalized spacial score (nSPS) is 32.5. The van der Waals surface area contributed by atoms with Gasteiger partial charge < -0.3 is 51.6 Å². The Labute approximate surface area is 369 Å². The second-order valence-electron chi connectivity index (χ2n) is 18.1. The molecule has 12 rings (SSSR count). The molecule has 0 saturated carbocycles. The molecule has 0 amide bonds. The SMILES string of the molecule is COc1ccc2c(c1)CN(Cc1ccco1)P1(=NP(N3CCC4(CC3)OCCO4)(N3CCC4(CC3)OCCO4)=NP(N3CCC4(CC3)OCCO4)(N3CCC4(CC3)OCCO4)=N1)O2. The van der Waals surface area contributed by atoms with Gasteiger partial charge in [0, 0.05) is 116 Å². The van der Waals surface area contributed by atoms with E-state index in [0.717, 1.165) is 74.2 Å². The number of hydrogen-bond acceptors (Lipinski definition) is 19.